The van der Waals surface area contributed by atoms with Crippen molar-refractivity contribution in [2.24, 2.45) is 7.05 Å². The zero-order valence-corrected chi connectivity index (χ0v) is 9.64. The quantitative estimate of drug-likeness (QED) is 0.547. The first-order valence-corrected chi connectivity index (χ1v) is 5.68. The van der Waals surface area contributed by atoms with E-state index >= 15 is 0 Å². The predicted octanol–water partition coefficient (Wildman–Crippen LogP) is 2.64. The van der Waals surface area contributed by atoms with Crippen molar-refractivity contribution in [3.05, 3.63) is 42.6 Å². The van der Waals surface area contributed by atoms with Gasteiger partial charge in [0.25, 0.3) is 5.65 Å². The van der Waals surface area contributed by atoms with Gasteiger partial charge in [0.05, 0.1) is 25.2 Å². The Morgan fingerprint density at radius 3 is 2.62 bits per heavy atom. The molecule has 3 aromatic rings. The average Bonchev–Trinajstić information content (AvgIpc) is 2.65. The van der Waals surface area contributed by atoms with E-state index in [9.17, 15) is 0 Å². The number of para-hydroxylation sites is 1. The van der Waals surface area contributed by atoms with Gasteiger partial charge in [0.2, 0.25) is 0 Å². The zero-order chi connectivity index (χ0) is 11.1. The lowest BCUT2D eigenvalue weighted by molar-refractivity contribution is -0.647. The molecular formula is C14H15N2+. The summed E-state index contributed by atoms with van der Waals surface area (Å²) in [7, 11) is 2.10. The van der Waals surface area contributed by atoms with Crippen molar-refractivity contribution in [1.82, 2.24) is 4.57 Å². The van der Waals surface area contributed by atoms with Crippen molar-refractivity contribution >= 4 is 21.9 Å². The van der Waals surface area contributed by atoms with Crippen molar-refractivity contribution in [1.29, 1.82) is 0 Å². The van der Waals surface area contributed by atoms with E-state index < -0.39 is 0 Å². The van der Waals surface area contributed by atoms with E-state index in [0.29, 0.717) is 0 Å². The molecule has 3 rings (SSSR count). The molecule has 0 aliphatic heterocycles. The second-order valence-corrected chi connectivity index (χ2v) is 4.12. The van der Waals surface area contributed by atoms with Crippen LogP contribution in [-0.4, -0.2) is 4.57 Å². The Labute approximate surface area is 94.7 Å². The van der Waals surface area contributed by atoms with Crippen molar-refractivity contribution < 1.29 is 4.57 Å². The average molecular weight is 211 g/mol. The van der Waals surface area contributed by atoms with Crippen LogP contribution in [0, 0.1) is 0 Å². The molecule has 2 nitrogen and oxygen atoms in total. The molecule has 80 valence electrons. The normalized spacial score (nSPS) is 11.4. The second-order valence-electron chi connectivity index (χ2n) is 4.12. The number of aryl methyl sites for hydroxylation is 2. The predicted molar refractivity (Wildman–Crippen MR) is 66.3 cm³/mol. The Balaban J connectivity index is 2.64. The number of hydrogen-bond donors (Lipinski definition) is 0. The molecule has 0 saturated heterocycles. The van der Waals surface area contributed by atoms with Gasteiger partial charge >= 0.3 is 0 Å². The summed E-state index contributed by atoms with van der Waals surface area (Å²) in [5.41, 5.74) is 2.62. The molecule has 0 aliphatic carbocycles. The molecule has 0 aliphatic rings. The van der Waals surface area contributed by atoms with Gasteiger partial charge in [-0.15, -0.1) is 0 Å². The molecular weight excluding hydrogens is 196 g/mol. The highest BCUT2D eigenvalue weighted by atomic mass is 15.1. The first-order valence-electron chi connectivity index (χ1n) is 5.68. The maximum absolute atomic E-state index is 2.37. The fraction of sp³-hybridized carbons (Fsp3) is 0.214. The molecule has 2 heteroatoms. The lowest BCUT2D eigenvalue weighted by atomic mass is 10.2. The molecule has 0 atom stereocenters. The topological polar surface area (TPSA) is 8.81 Å². The van der Waals surface area contributed by atoms with E-state index in [1.165, 1.54) is 21.9 Å². The molecule has 16 heavy (non-hydrogen) atoms. The monoisotopic (exact) mass is 211 g/mol. The fourth-order valence-corrected chi connectivity index (χ4v) is 2.52. The number of hydrogen-bond acceptors (Lipinski definition) is 0. The maximum atomic E-state index is 2.37. The van der Waals surface area contributed by atoms with Crippen molar-refractivity contribution in [2.45, 2.75) is 13.5 Å². The Kier molecular flexibility index (Phi) is 1.96. The van der Waals surface area contributed by atoms with Gasteiger partial charge in [0.15, 0.2) is 0 Å². The van der Waals surface area contributed by atoms with E-state index in [2.05, 4.69) is 65.7 Å². The van der Waals surface area contributed by atoms with E-state index in [1.54, 1.807) is 0 Å². The van der Waals surface area contributed by atoms with Gasteiger partial charge < -0.3 is 0 Å². The van der Waals surface area contributed by atoms with Gasteiger partial charge in [-0.05, 0) is 31.2 Å². The minimum Gasteiger partial charge on any atom is -0.236 e. The highest BCUT2D eigenvalue weighted by Gasteiger charge is 2.17. The fourth-order valence-electron chi connectivity index (χ4n) is 2.52. The van der Waals surface area contributed by atoms with Gasteiger partial charge in [0, 0.05) is 5.39 Å². The van der Waals surface area contributed by atoms with Gasteiger partial charge in [-0.1, -0.05) is 12.1 Å². The van der Waals surface area contributed by atoms with Crippen molar-refractivity contribution in [2.75, 3.05) is 0 Å². The molecule has 0 bridgehead atoms. The van der Waals surface area contributed by atoms with Crippen LogP contribution in [0.25, 0.3) is 21.9 Å². The number of nitrogens with zero attached hydrogens (tertiary/aromatic N) is 2. The third-order valence-corrected chi connectivity index (χ3v) is 3.20. The summed E-state index contributed by atoms with van der Waals surface area (Å²) < 4.78 is 4.56. The number of pyridine rings is 1. The molecule has 0 unspecified atom stereocenters. The molecule has 1 aromatic carbocycles. The van der Waals surface area contributed by atoms with Crippen LogP contribution in [0.4, 0.5) is 0 Å². The summed E-state index contributed by atoms with van der Waals surface area (Å²) in [6, 6.07) is 12.9. The molecule has 0 saturated carbocycles. The summed E-state index contributed by atoms with van der Waals surface area (Å²) in [4.78, 5) is 0. The van der Waals surface area contributed by atoms with Crippen molar-refractivity contribution in [3.8, 4) is 0 Å². The third-order valence-electron chi connectivity index (χ3n) is 3.20. The summed E-state index contributed by atoms with van der Waals surface area (Å²) in [6.45, 7) is 3.20. The third kappa shape index (κ3) is 1.10. The lowest BCUT2D eigenvalue weighted by Crippen LogP contribution is -2.30. The largest absolute Gasteiger partial charge is 0.289 e. The zero-order valence-electron chi connectivity index (χ0n) is 9.64. The Bertz CT molecular complexity index is 665. The smallest absolute Gasteiger partial charge is 0.236 e. The van der Waals surface area contributed by atoms with E-state index in [1.807, 2.05) is 0 Å². The van der Waals surface area contributed by atoms with Gasteiger partial charge in [-0.25, -0.2) is 9.13 Å². The highest BCUT2D eigenvalue weighted by molar-refractivity contribution is 6.05. The Hall–Kier alpha value is -1.83. The molecule has 2 aromatic heterocycles. The lowest BCUT2D eigenvalue weighted by Gasteiger charge is -1.97. The van der Waals surface area contributed by atoms with Crippen LogP contribution in [0.5, 0.6) is 0 Å². The van der Waals surface area contributed by atoms with Crippen molar-refractivity contribution in [3.63, 3.8) is 0 Å². The van der Waals surface area contributed by atoms with Crippen LogP contribution in [-0.2, 0) is 13.6 Å². The SMILES string of the molecule is CCn1c2ccccc2c2ccc[n+](C)c21. The summed E-state index contributed by atoms with van der Waals surface area (Å²) in [5.74, 6) is 0. The standard InChI is InChI=1S/C14H15N2/c1-3-16-13-9-5-4-7-11(13)12-8-6-10-15(2)14(12)16/h4-10H,3H2,1-2H3/q+1. The molecule has 0 amide bonds. The number of benzene rings is 1. The van der Waals surface area contributed by atoms with Crippen LogP contribution < -0.4 is 4.57 Å². The first kappa shape index (κ1) is 9.40. The van der Waals surface area contributed by atoms with E-state index in [4.69, 9.17) is 0 Å². The molecule has 2 heterocycles. The van der Waals surface area contributed by atoms with Crippen LogP contribution in [0.2, 0.25) is 0 Å². The molecule has 0 spiro atoms. The first-order chi connectivity index (χ1) is 7.83. The summed E-state index contributed by atoms with van der Waals surface area (Å²) in [6.07, 6.45) is 2.10. The van der Waals surface area contributed by atoms with Crippen LogP contribution in [0.1, 0.15) is 6.92 Å². The van der Waals surface area contributed by atoms with E-state index in [0.717, 1.165) is 6.54 Å². The Morgan fingerprint density at radius 1 is 1.06 bits per heavy atom. The Morgan fingerprint density at radius 2 is 1.81 bits per heavy atom. The maximum Gasteiger partial charge on any atom is 0.289 e. The molecule has 0 N–H and O–H groups in total. The molecule has 0 radical (unpaired) electrons. The van der Waals surface area contributed by atoms with Gasteiger partial charge in [-0.3, -0.25) is 0 Å². The van der Waals surface area contributed by atoms with Gasteiger partial charge in [-0.2, -0.15) is 0 Å². The van der Waals surface area contributed by atoms with E-state index in [-0.39, 0.29) is 0 Å². The van der Waals surface area contributed by atoms with Gasteiger partial charge in [0.1, 0.15) is 5.52 Å². The minimum absolute atomic E-state index is 1.00. The minimum atomic E-state index is 1.00. The van der Waals surface area contributed by atoms with Crippen LogP contribution in [0.3, 0.4) is 0 Å². The second kappa shape index (κ2) is 3.34. The molecule has 0 fully saturated rings. The van der Waals surface area contributed by atoms with Crippen LogP contribution in [0.15, 0.2) is 42.6 Å². The highest BCUT2D eigenvalue weighted by Crippen LogP contribution is 2.26. The number of aromatic nitrogens is 2. The number of fused-ring (bicyclic) bond motifs is 3. The summed E-state index contributed by atoms with van der Waals surface area (Å²) in [5, 5.41) is 2.68. The van der Waals surface area contributed by atoms with Crippen LogP contribution >= 0.6 is 0 Å². The number of rotatable bonds is 1. The summed E-state index contributed by atoms with van der Waals surface area (Å²) >= 11 is 0.